The van der Waals surface area contributed by atoms with Gasteiger partial charge in [0.2, 0.25) is 0 Å². The van der Waals surface area contributed by atoms with Crippen LogP contribution in [0.1, 0.15) is 10.6 Å². The molecular weight excluding hydrogens is 304 g/mol. The van der Waals surface area contributed by atoms with E-state index in [0.29, 0.717) is 16.3 Å². The van der Waals surface area contributed by atoms with Gasteiger partial charge in [-0.2, -0.15) is 5.26 Å². The van der Waals surface area contributed by atoms with Crippen molar-refractivity contribution < 1.29 is 4.74 Å². The Hall–Kier alpha value is -3.08. The van der Waals surface area contributed by atoms with Crippen LogP contribution in [-0.4, -0.2) is 11.6 Å². The van der Waals surface area contributed by atoms with Gasteiger partial charge in [-0.05, 0) is 35.9 Å². The lowest BCUT2D eigenvalue weighted by Crippen LogP contribution is -1.93. The van der Waals surface area contributed by atoms with E-state index in [1.807, 2.05) is 48.5 Å². The van der Waals surface area contributed by atoms with Crippen molar-refractivity contribution in [2.24, 2.45) is 0 Å². The summed E-state index contributed by atoms with van der Waals surface area (Å²) in [7, 11) is 0. The van der Waals surface area contributed by atoms with Crippen molar-refractivity contribution in [1.82, 2.24) is 4.98 Å². The maximum atomic E-state index is 9.47. The number of aromatic nitrogens is 1. The Bertz CT molecular complexity index is 924. The molecule has 1 heterocycles. The summed E-state index contributed by atoms with van der Waals surface area (Å²) in [5, 5.41) is 10.2. The standard InChI is InChI=1S/C19H12N2OS/c1-2-10-22-16-7-5-6-14(12-16)11-15(13-20)19-21-17-8-3-4-9-18(17)23-19/h1,3-9,11-12H,10H2/b15-11+. The maximum Gasteiger partial charge on any atom is 0.148 e. The fraction of sp³-hybridized carbons (Fsp3) is 0.0526. The molecule has 0 radical (unpaired) electrons. The lowest BCUT2D eigenvalue weighted by atomic mass is 10.1. The summed E-state index contributed by atoms with van der Waals surface area (Å²) in [4.78, 5) is 4.52. The number of rotatable bonds is 4. The SMILES string of the molecule is C#CCOc1cccc(/C=C(\C#N)c2nc3ccccc3s2)c1. The number of allylic oxidation sites excluding steroid dienone is 1. The molecule has 0 atom stereocenters. The average molecular weight is 316 g/mol. The number of nitriles is 1. The molecule has 0 bridgehead atoms. The van der Waals surface area contributed by atoms with E-state index in [1.165, 1.54) is 11.3 Å². The predicted octanol–water partition coefficient (Wildman–Crippen LogP) is 4.37. The summed E-state index contributed by atoms with van der Waals surface area (Å²) >= 11 is 1.51. The molecule has 0 saturated heterocycles. The van der Waals surface area contributed by atoms with E-state index in [2.05, 4.69) is 17.0 Å². The molecule has 2 aromatic carbocycles. The minimum atomic E-state index is 0.218. The van der Waals surface area contributed by atoms with Gasteiger partial charge in [0, 0.05) is 0 Å². The van der Waals surface area contributed by atoms with Crippen LogP contribution in [-0.2, 0) is 0 Å². The molecule has 23 heavy (non-hydrogen) atoms. The van der Waals surface area contributed by atoms with Crippen LogP contribution in [0.2, 0.25) is 0 Å². The Labute approximate surface area is 138 Å². The Kier molecular flexibility index (Phi) is 4.38. The van der Waals surface area contributed by atoms with Crippen LogP contribution in [0.4, 0.5) is 0 Å². The summed E-state index contributed by atoms with van der Waals surface area (Å²) in [5.41, 5.74) is 2.30. The summed E-state index contributed by atoms with van der Waals surface area (Å²) in [5.74, 6) is 3.11. The zero-order valence-electron chi connectivity index (χ0n) is 12.2. The molecule has 110 valence electrons. The van der Waals surface area contributed by atoms with Gasteiger partial charge in [-0.3, -0.25) is 0 Å². The average Bonchev–Trinajstić information content (AvgIpc) is 3.02. The molecular formula is C19H12N2OS. The first kappa shape index (κ1) is 14.8. The van der Waals surface area contributed by atoms with E-state index in [-0.39, 0.29) is 6.61 Å². The third-order valence-corrected chi connectivity index (χ3v) is 4.21. The van der Waals surface area contributed by atoms with Gasteiger partial charge in [-0.15, -0.1) is 17.8 Å². The number of thiazole rings is 1. The van der Waals surface area contributed by atoms with Gasteiger partial charge in [0.05, 0.1) is 15.8 Å². The van der Waals surface area contributed by atoms with E-state index < -0.39 is 0 Å². The van der Waals surface area contributed by atoms with Crippen LogP contribution in [0.5, 0.6) is 5.75 Å². The summed E-state index contributed by atoms with van der Waals surface area (Å²) in [6.07, 6.45) is 7.00. The molecule has 0 spiro atoms. The number of hydrogen-bond acceptors (Lipinski definition) is 4. The number of terminal acetylenes is 1. The third kappa shape index (κ3) is 3.40. The lowest BCUT2D eigenvalue weighted by molar-refractivity contribution is 0.370. The van der Waals surface area contributed by atoms with Crippen LogP contribution in [0.25, 0.3) is 21.9 Å². The number of ether oxygens (including phenoxy) is 1. The highest BCUT2D eigenvalue weighted by atomic mass is 32.1. The Morgan fingerprint density at radius 3 is 2.91 bits per heavy atom. The van der Waals surface area contributed by atoms with Crippen molar-refractivity contribution in [2.45, 2.75) is 0 Å². The molecule has 0 saturated carbocycles. The van der Waals surface area contributed by atoms with Gasteiger partial charge in [-0.25, -0.2) is 4.98 Å². The van der Waals surface area contributed by atoms with Crippen LogP contribution < -0.4 is 4.74 Å². The normalized spacial score (nSPS) is 11.0. The summed E-state index contributed by atoms with van der Waals surface area (Å²) < 4.78 is 6.47. The second-order valence-electron chi connectivity index (χ2n) is 4.72. The quantitative estimate of drug-likeness (QED) is 0.530. The summed E-state index contributed by atoms with van der Waals surface area (Å²) in [6, 6.07) is 17.5. The van der Waals surface area contributed by atoms with Gasteiger partial charge in [0.1, 0.15) is 23.4 Å². The van der Waals surface area contributed by atoms with Gasteiger partial charge in [0.15, 0.2) is 0 Å². The highest BCUT2D eigenvalue weighted by molar-refractivity contribution is 7.19. The Morgan fingerprint density at radius 1 is 1.26 bits per heavy atom. The van der Waals surface area contributed by atoms with E-state index in [4.69, 9.17) is 11.2 Å². The van der Waals surface area contributed by atoms with Crippen LogP contribution >= 0.6 is 11.3 Å². The Balaban J connectivity index is 1.96. The van der Waals surface area contributed by atoms with Crippen molar-refractivity contribution in [3.63, 3.8) is 0 Å². The van der Waals surface area contributed by atoms with Gasteiger partial charge in [-0.1, -0.05) is 30.2 Å². The first-order valence-corrected chi connectivity index (χ1v) is 7.76. The number of hydrogen-bond donors (Lipinski definition) is 0. The predicted molar refractivity (Wildman–Crippen MR) is 93.9 cm³/mol. The van der Waals surface area contributed by atoms with Gasteiger partial charge >= 0.3 is 0 Å². The zero-order valence-corrected chi connectivity index (χ0v) is 13.0. The minimum absolute atomic E-state index is 0.218. The number of nitrogens with zero attached hydrogens (tertiary/aromatic N) is 2. The van der Waals surface area contributed by atoms with Crippen LogP contribution in [0, 0.1) is 23.7 Å². The molecule has 0 N–H and O–H groups in total. The molecule has 0 aliphatic carbocycles. The fourth-order valence-electron chi connectivity index (χ4n) is 2.12. The largest absolute Gasteiger partial charge is 0.481 e. The number of benzene rings is 2. The lowest BCUT2D eigenvalue weighted by Gasteiger charge is -2.03. The highest BCUT2D eigenvalue weighted by Crippen LogP contribution is 2.28. The van der Waals surface area contributed by atoms with Crippen LogP contribution in [0.15, 0.2) is 48.5 Å². The minimum Gasteiger partial charge on any atom is -0.481 e. The number of para-hydroxylation sites is 1. The molecule has 3 rings (SSSR count). The molecule has 1 aromatic heterocycles. The maximum absolute atomic E-state index is 9.47. The molecule has 0 aliphatic heterocycles. The second kappa shape index (κ2) is 6.79. The van der Waals surface area contributed by atoms with Crippen molar-refractivity contribution in [1.29, 1.82) is 5.26 Å². The van der Waals surface area contributed by atoms with Gasteiger partial charge < -0.3 is 4.74 Å². The van der Waals surface area contributed by atoms with E-state index in [0.717, 1.165) is 15.8 Å². The monoisotopic (exact) mass is 316 g/mol. The molecule has 4 heteroatoms. The third-order valence-electron chi connectivity index (χ3n) is 3.14. The molecule has 0 fully saturated rings. The van der Waals surface area contributed by atoms with Crippen molar-refractivity contribution in [3.8, 4) is 24.2 Å². The fourth-order valence-corrected chi connectivity index (χ4v) is 3.05. The molecule has 3 aromatic rings. The van der Waals surface area contributed by atoms with Gasteiger partial charge in [0.25, 0.3) is 0 Å². The molecule has 0 aliphatic rings. The Morgan fingerprint density at radius 2 is 2.13 bits per heavy atom. The van der Waals surface area contributed by atoms with Crippen molar-refractivity contribution in [3.05, 3.63) is 59.1 Å². The second-order valence-corrected chi connectivity index (χ2v) is 5.75. The van der Waals surface area contributed by atoms with Crippen LogP contribution in [0.3, 0.4) is 0 Å². The first-order chi connectivity index (χ1) is 11.3. The topological polar surface area (TPSA) is 45.9 Å². The summed E-state index contributed by atoms with van der Waals surface area (Å²) in [6.45, 7) is 0.218. The number of fused-ring (bicyclic) bond motifs is 1. The van der Waals surface area contributed by atoms with Crippen molar-refractivity contribution in [2.75, 3.05) is 6.61 Å². The molecule has 3 nitrogen and oxygen atoms in total. The molecule has 0 unspecified atom stereocenters. The van der Waals surface area contributed by atoms with E-state index >= 15 is 0 Å². The van der Waals surface area contributed by atoms with E-state index in [9.17, 15) is 5.26 Å². The van der Waals surface area contributed by atoms with E-state index in [1.54, 1.807) is 6.08 Å². The van der Waals surface area contributed by atoms with Crippen molar-refractivity contribution >= 4 is 33.2 Å². The highest BCUT2D eigenvalue weighted by Gasteiger charge is 2.08. The smallest absolute Gasteiger partial charge is 0.148 e. The first-order valence-electron chi connectivity index (χ1n) is 6.94. The molecule has 0 amide bonds. The zero-order chi connectivity index (χ0) is 16.1.